The van der Waals surface area contributed by atoms with Crippen LogP contribution in [-0.4, -0.2) is 28.3 Å². The lowest BCUT2D eigenvalue weighted by Crippen LogP contribution is -2.27. The van der Waals surface area contributed by atoms with E-state index in [0.29, 0.717) is 23.0 Å². The summed E-state index contributed by atoms with van der Waals surface area (Å²) in [6.07, 6.45) is 2.23. The number of hydrogen-bond donors (Lipinski definition) is 2. The topological polar surface area (TPSA) is 75.3 Å². The van der Waals surface area contributed by atoms with Crippen LogP contribution in [0.1, 0.15) is 26.7 Å². The molecule has 0 aromatic heterocycles. The fraction of sp³-hybridized carbons (Fsp3) is 0.500. The normalized spacial score (nSPS) is 16.6. The summed E-state index contributed by atoms with van der Waals surface area (Å²) in [6, 6.07) is 6.88. The van der Waals surface area contributed by atoms with E-state index < -0.39 is 10.8 Å². The number of carbonyl (C=O) groups is 2. The van der Waals surface area contributed by atoms with Gasteiger partial charge in [0.1, 0.15) is 5.75 Å². The number of rotatable bonds is 7. The molecule has 1 fully saturated rings. The van der Waals surface area contributed by atoms with Gasteiger partial charge in [0.05, 0.1) is 10.8 Å². The fourth-order valence-corrected chi connectivity index (χ4v) is 3.23. The van der Waals surface area contributed by atoms with Crippen LogP contribution in [0.2, 0.25) is 0 Å². The second-order valence-electron chi connectivity index (χ2n) is 5.59. The molecule has 1 aliphatic carbocycles. The molecule has 2 N–H and O–H groups in total. The van der Waals surface area contributed by atoms with Crippen LogP contribution in [0.25, 0.3) is 0 Å². The highest BCUT2D eigenvalue weighted by Gasteiger charge is 2.32. The van der Waals surface area contributed by atoms with Gasteiger partial charge in [0.2, 0.25) is 11.8 Å². The Balaban J connectivity index is 1.98. The lowest BCUT2D eigenvalue weighted by Gasteiger charge is -2.12. The first-order valence-corrected chi connectivity index (χ1v) is 8.89. The second kappa shape index (κ2) is 7.54. The first-order chi connectivity index (χ1) is 10.5. The molecule has 5 nitrogen and oxygen atoms in total. The lowest BCUT2D eigenvalue weighted by molar-refractivity contribution is -0.120. The van der Waals surface area contributed by atoms with Gasteiger partial charge < -0.3 is 10.6 Å². The highest BCUT2D eigenvalue weighted by Crippen LogP contribution is 2.37. The lowest BCUT2D eigenvalue weighted by atomic mass is 10.1. The molecule has 1 saturated carbocycles. The van der Waals surface area contributed by atoms with Crippen LogP contribution in [-0.2, 0) is 20.4 Å². The summed E-state index contributed by atoms with van der Waals surface area (Å²) in [6.45, 7) is 4.27. The van der Waals surface area contributed by atoms with Crippen molar-refractivity contribution in [2.24, 2.45) is 11.8 Å². The van der Waals surface area contributed by atoms with E-state index in [9.17, 15) is 13.8 Å². The average molecular weight is 322 g/mol. The molecule has 1 aromatic rings. The van der Waals surface area contributed by atoms with Crippen molar-refractivity contribution in [3.63, 3.8) is 0 Å². The molecule has 0 spiro atoms. The Kier molecular flexibility index (Phi) is 5.71. The Bertz CT molecular complexity index is 585. The molecular formula is C16H22N2O3S. The second-order valence-corrected chi connectivity index (χ2v) is 7.04. The number of benzene rings is 1. The van der Waals surface area contributed by atoms with Crippen molar-refractivity contribution in [2.75, 3.05) is 17.6 Å². The van der Waals surface area contributed by atoms with E-state index >= 15 is 0 Å². The summed E-state index contributed by atoms with van der Waals surface area (Å²) in [4.78, 5) is 24.1. The molecule has 0 saturated heterocycles. The van der Waals surface area contributed by atoms with Gasteiger partial charge in [-0.3, -0.25) is 13.8 Å². The maximum absolute atomic E-state index is 12.2. The monoisotopic (exact) mass is 322 g/mol. The zero-order valence-corrected chi connectivity index (χ0v) is 13.7. The first-order valence-electron chi connectivity index (χ1n) is 7.57. The first kappa shape index (κ1) is 16.7. The van der Waals surface area contributed by atoms with Gasteiger partial charge in [-0.05, 0) is 43.9 Å². The van der Waals surface area contributed by atoms with E-state index in [4.69, 9.17) is 0 Å². The van der Waals surface area contributed by atoms with Crippen LogP contribution in [0, 0.1) is 11.8 Å². The number of carbonyl (C=O) groups excluding carboxylic acids is 2. The molecule has 2 amide bonds. The summed E-state index contributed by atoms with van der Waals surface area (Å²) in [5, 5.41) is 5.49. The third kappa shape index (κ3) is 4.66. The van der Waals surface area contributed by atoms with Gasteiger partial charge in [-0.2, -0.15) is 0 Å². The molecule has 0 heterocycles. The minimum Gasteiger partial charge on any atom is -0.356 e. The minimum absolute atomic E-state index is 0.00415. The highest BCUT2D eigenvalue weighted by atomic mass is 32.2. The van der Waals surface area contributed by atoms with Crippen molar-refractivity contribution in [1.29, 1.82) is 0 Å². The minimum atomic E-state index is -1.41. The molecule has 0 unspecified atom stereocenters. The zero-order valence-electron chi connectivity index (χ0n) is 12.9. The molecule has 0 aliphatic heterocycles. The molecule has 1 aliphatic rings. The van der Waals surface area contributed by atoms with Gasteiger partial charge in [0, 0.05) is 23.0 Å². The third-order valence-electron chi connectivity index (χ3n) is 3.74. The Morgan fingerprint density at radius 1 is 1.36 bits per heavy atom. The van der Waals surface area contributed by atoms with E-state index in [1.165, 1.54) is 0 Å². The maximum atomic E-state index is 12.2. The Hall–Kier alpha value is -1.69. The van der Waals surface area contributed by atoms with E-state index in [1.54, 1.807) is 24.3 Å². The number of amides is 2. The van der Waals surface area contributed by atoms with Gasteiger partial charge in [0.25, 0.3) is 0 Å². The Morgan fingerprint density at radius 3 is 2.73 bits per heavy atom. The Morgan fingerprint density at radius 2 is 2.09 bits per heavy atom. The van der Waals surface area contributed by atoms with E-state index in [-0.39, 0.29) is 23.5 Å². The molecule has 2 rings (SSSR count). The predicted molar refractivity (Wildman–Crippen MR) is 86.9 cm³/mol. The van der Waals surface area contributed by atoms with Crippen LogP contribution < -0.4 is 10.6 Å². The highest BCUT2D eigenvalue weighted by molar-refractivity contribution is 7.85. The maximum Gasteiger partial charge on any atom is 0.232 e. The molecule has 1 aromatic carbocycles. The van der Waals surface area contributed by atoms with E-state index in [1.807, 2.05) is 13.8 Å². The number of hydrogen-bond acceptors (Lipinski definition) is 3. The summed E-state index contributed by atoms with van der Waals surface area (Å²) < 4.78 is 12.2. The van der Waals surface area contributed by atoms with Gasteiger partial charge in [0.15, 0.2) is 0 Å². The Labute approximate surface area is 133 Å². The predicted octanol–water partition coefficient (Wildman–Crippen LogP) is 1.91. The van der Waals surface area contributed by atoms with Crippen molar-refractivity contribution in [2.45, 2.75) is 31.6 Å². The molecule has 6 heteroatoms. The van der Waals surface area contributed by atoms with Crippen LogP contribution in [0.3, 0.4) is 0 Å². The number of nitrogens with one attached hydrogen (secondary N) is 2. The molecule has 0 bridgehead atoms. The van der Waals surface area contributed by atoms with Crippen molar-refractivity contribution in [3.8, 4) is 0 Å². The van der Waals surface area contributed by atoms with Crippen molar-refractivity contribution < 1.29 is 13.8 Å². The quantitative estimate of drug-likeness (QED) is 0.805. The number of anilines is 1. The average Bonchev–Trinajstić information content (AvgIpc) is 3.31. The van der Waals surface area contributed by atoms with Crippen LogP contribution in [0.5, 0.6) is 0 Å². The van der Waals surface area contributed by atoms with Crippen LogP contribution >= 0.6 is 0 Å². The zero-order chi connectivity index (χ0) is 16.1. The summed E-state index contributed by atoms with van der Waals surface area (Å²) in [5.41, 5.74) is 0.624. The summed E-state index contributed by atoms with van der Waals surface area (Å²) >= 11 is 0. The fourth-order valence-electron chi connectivity index (χ4n) is 2.23. The van der Waals surface area contributed by atoms with Crippen molar-refractivity contribution in [3.05, 3.63) is 24.3 Å². The largest absolute Gasteiger partial charge is 0.356 e. The summed E-state index contributed by atoms with van der Waals surface area (Å²) in [5.74, 6) is 0.190. The van der Waals surface area contributed by atoms with Crippen LogP contribution in [0.15, 0.2) is 29.2 Å². The van der Waals surface area contributed by atoms with Gasteiger partial charge in [-0.25, -0.2) is 0 Å². The smallest absolute Gasteiger partial charge is 0.232 e. The van der Waals surface area contributed by atoms with E-state index in [0.717, 1.165) is 12.8 Å². The summed E-state index contributed by atoms with van der Waals surface area (Å²) in [7, 11) is -1.41. The third-order valence-corrected chi connectivity index (χ3v) is 5.05. The molecular weight excluding hydrogens is 300 g/mol. The van der Waals surface area contributed by atoms with Crippen LogP contribution in [0.4, 0.5) is 5.69 Å². The molecule has 120 valence electrons. The molecule has 2 atom stereocenters. The standard InChI is InChI=1S/C16H22N2O3S/c1-3-17-15(19)10-22(21)14-6-4-5-13(9-14)18-16(20)11(2)12-7-8-12/h4-6,9,11-12H,3,7-8,10H2,1-2H3,(H,17,19)(H,18,20)/t11-,22-/m1/s1. The van der Waals surface area contributed by atoms with E-state index in [2.05, 4.69) is 10.6 Å². The van der Waals surface area contributed by atoms with Crippen molar-refractivity contribution in [1.82, 2.24) is 5.32 Å². The van der Waals surface area contributed by atoms with Gasteiger partial charge in [-0.1, -0.05) is 13.0 Å². The molecule has 22 heavy (non-hydrogen) atoms. The van der Waals surface area contributed by atoms with Crippen molar-refractivity contribution >= 4 is 28.3 Å². The van der Waals surface area contributed by atoms with Gasteiger partial charge >= 0.3 is 0 Å². The van der Waals surface area contributed by atoms with Gasteiger partial charge in [-0.15, -0.1) is 0 Å². The molecule has 0 radical (unpaired) electrons. The SMILES string of the molecule is CCNC(=O)C[S@@](=O)c1cccc(NC(=O)[C@H](C)C2CC2)c1.